The van der Waals surface area contributed by atoms with Gasteiger partial charge >= 0.3 is 12.1 Å². The molecule has 9 heteroatoms. The topological polar surface area (TPSA) is 122 Å². The summed E-state index contributed by atoms with van der Waals surface area (Å²) in [5.74, 6) is -0.568. The summed E-state index contributed by atoms with van der Waals surface area (Å²) in [5, 5.41) is 12.2. The van der Waals surface area contributed by atoms with E-state index in [1.807, 2.05) is 32.9 Å². The number of ether oxygens (including phenoxy) is 1. The normalized spacial score (nSPS) is 17.8. The molecule has 4 rings (SSSR count). The molecule has 0 saturated heterocycles. The lowest BCUT2D eigenvalue weighted by atomic mass is 9.79. The van der Waals surface area contributed by atoms with E-state index in [0.29, 0.717) is 25.2 Å². The Morgan fingerprint density at radius 1 is 1.10 bits per heavy atom. The first kappa shape index (κ1) is 28.3. The van der Waals surface area contributed by atoms with E-state index in [1.165, 1.54) is 6.20 Å². The Morgan fingerprint density at radius 3 is 2.59 bits per heavy atom. The molecule has 1 aliphatic carbocycles. The van der Waals surface area contributed by atoms with Crippen LogP contribution in [0.4, 0.5) is 10.6 Å². The number of pyridine rings is 2. The van der Waals surface area contributed by atoms with Gasteiger partial charge in [-0.3, -0.25) is 9.78 Å². The zero-order valence-corrected chi connectivity index (χ0v) is 23.2. The second-order valence-electron chi connectivity index (χ2n) is 11.6. The molecule has 1 aliphatic heterocycles. The lowest BCUT2D eigenvalue weighted by Crippen LogP contribution is -2.35. The van der Waals surface area contributed by atoms with Crippen molar-refractivity contribution in [1.82, 2.24) is 14.9 Å². The first-order chi connectivity index (χ1) is 18.5. The van der Waals surface area contributed by atoms with Crippen molar-refractivity contribution < 1.29 is 24.2 Å². The van der Waals surface area contributed by atoms with Gasteiger partial charge in [-0.05, 0) is 69.7 Å². The summed E-state index contributed by atoms with van der Waals surface area (Å²) in [4.78, 5) is 46.9. The smallest absolute Gasteiger partial charge is 0.410 e. The van der Waals surface area contributed by atoms with Crippen LogP contribution in [0.1, 0.15) is 92.0 Å². The van der Waals surface area contributed by atoms with Crippen LogP contribution in [0.3, 0.4) is 0 Å². The molecule has 0 unspecified atom stereocenters. The largest absolute Gasteiger partial charge is 0.478 e. The highest BCUT2D eigenvalue weighted by Crippen LogP contribution is 2.46. The predicted molar refractivity (Wildman–Crippen MR) is 149 cm³/mol. The first-order valence-electron chi connectivity index (χ1n) is 13.6. The minimum Gasteiger partial charge on any atom is -0.478 e. The van der Waals surface area contributed by atoms with Crippen molar-refractivity contribution in [3.63, 3.8) is 0 Å². The molecule has 0 fully saturated rings. The number of carboxylic acids is 1. The van der Waals surface area contributed by atoms with Gasteiger partial charge < -0.3 is 20.1 Å². The van der Waals surface area contributed by atoms with Crippen LogP contribution in [0.15, 0.2) is 30.6 Å². The number of anilines is 1. The third-order valence-corrected chi connectivity index (χ3v) is 7.24. The molecule has 0 radical (unpaired) electrons. The first-order valence-corrected chi connectivity index (χ1v) is 13.6. The highest BCUT2D eigenvalue weighted by molar-refractivity contribution is 6.06. The summed E-state index contributed by atoms with van der Waals surface area (Å²) in [7, 11) is 1.78. The predicted octanol–water partition coefficient (Wildman–Crippen LogP) is 5.38. The second kappa shape index (κ2) is 11.6. The maximum atomic E-state index is 13.0. The highest BCUT2D eigenvalue weighted by Gasteiger charge is 2.52. The van der Waals surface area contributed by atoms with E-state index < -0.39 is 17.0 Å². The molecule has 208 valence electrons. The molecule has 2 aromatic rings. The van der Waals surface area contributed by atoms with Crippen LogP contribution in [0.5, 0.6) is 0 Å². The summed E-state index contributed by atoms with van der Waals surface area (Å²) in [6.45, 7) is 6.30. The number of hydrogen-bond acceptors (Lipinski definition) is 6. The van der Waals surface area contributed by atoms with Crippen LogP contribution in [-0.2, 0) is 27.8 Å². The molecular formula is C30H38N4O5. The Bertz CT molecular complexity index is 1280. The van der Waals surface area contributed by atoms with Crippen LogP contribution in [-0.4, -0.2) is 57.1 Å². The quantitative estimate of drug-likeness (QED) is 0.392. The van der Waals surface area contributed by atoms with Crippen molar-refractivity contribution in [2.75, 3.05) is 18.9 Å². The number of aromatic nitrogens is 2. The molecule has 1 atom stereocenters. The van der Waals surface area contributed by atoms with Gasteiger partial charge in [0.2, 0.25) is 5.91 Å². The maximum absolute atomic E-state index is 13.0. The Balaban J connectivity index is 1.24. The van der Waals surface area contributed by atoms with E-state index in [-0.39, 0.29) is 17.6 Å². The lowest BCUT2D eigenvalue weighted by molar-refractivity contribution is -0.120. The Morgan fingerprint density at radius 2 is 1.85 bits per heavy atom. The molecule has 2 aromatic heterocycles. The van der Waals surface area contributed by atoms with Gasteiger partial charge in [-0.2, -0.15) is 0 Å². The second-order valence-corrected chi connectivity index (χ2v) is 11.6. The van der Waals surface area contributed by atoms with Crippen molar-refractivity contribution in [3.05, 3.63) is 58.6 Å². The standard InChI is InChI=1S/C30H38N4O5/c1-29(2,3)39-28(38)34(4)13-11-9-7-5-6-8-10-12-20-14-23-25(32-18-20)33-27(37)30(23)16-21-15-22(26(35)36)19-31-24(21)17-30/h10,12,14-15,18-19H,5-9,11,13,16-17H2,1-4H3,(H,35,36)(H,32,33,37)/b12-10+/t30-/m0/s1. The van der Waals surface area contributed by atoms with Crippen molar-refractivity contribution in [2.24, 2.45) is 0 Å². The van der Waals surface area contributed by atoms with E-state index >= 15 is 0 Å². The molecule has 2 N–H and O–H groups in total. The molecule has 2 amide bonds. The fourth-order valence-electron chi connectivity index (χ4n) is 5.17. The SMILES string of the molecule is CN(CCCCCCC/C=C/c1cnc2c(c1)[C@@]1(Cc3cc(C(=O)O)cnc3C1)C(=O)N2)C(=O)OC(C)(C)C. The van der Waals surface area contributed by atoms with E-state index in [1.54, 1.807) is 24.2 Å². The molecule has 0 saturated carbocycles. The number of unbranched alkanes of at least 4 members (excludes halogenated alkanes) is 5. The zero-order chi connectivity index (χ0) is 28.2. The molecule has 1 spiro atoms. The summed E-state index contributed by atoms with van der Waals surface area (Å²) in [5.41, 5.74) is 2.21. The number of fused-ring (bicyclic) bond motifs is 3. The Labute approximate surface area is 229 Å². The third kappa shape index (κ3) is 6.64. The van der Waals surface area contributed by atoms with Crippen LogP contribution in [0.25, 0.3) is 6.08 Å². The average molecular weight is 535 g/mol. The number of rotatable bonds is 10. The average Bonchev–Trinajstić information content (AvgIpc) is 3.38. The molecular weight excluding hydrogens is 496 g/mol. The molecule has 39 heavy (non-hydrogen) atoms. The molecule has 3 heterocycles. The highest BCUT2D eigenvalue weighted by atomic mass is 16.6. The third-order valence-electron chi connectivity index (χ3n) is 7.24. The van der Waals surface area contributed by atoms with Gasteiger partial charge in [0.25, 0.3) is 0 Å². The van der Waals surface area contributed by atoms with E-state index in [9.17, 15) is 19.5 Å². The number of carbonyl (C=O) groups excluding carboxylic acids is 2. The van der Waals surface area contributed by atoms with Gasteiger partial charge in [0.05, 0.1) is 11.0 Å². The van der Waals surface area contributed by atoms with Crippen LogP contribution in [0.2, 0.25) is 0 Å². The van der Waals surface area contributed by atoms with E-state index in [0.717, 1.165) is 60.9 Å². The van der Waals surface area contributed by atoms with Crippen molar-refractivity contribution in [3.8, 4) is 0 Å². The van der Waals surface area contributed by atoms with E-state index in [2.05, 4.69) is 21.4 Å². The van der Waals surface area contributed by atoms with Crippen molar-refractivity contribution in [1.29, 1.82) is 0 Å². The monoisotopic (exact) mass is 534 g/mol. The lowest BCUT2D eigenvalue weighted by Gasteiger charge is -2.24. The summed E-state index contributed by atoms with van der Waals surface area (Å²) < 4.78 is 5.37. The van der Waals surface area contributed by atoms with Gasteiger partial charge in [-0.1, -0.05) is 31.4 Å². The minimum atomic E-state index is -1.03. The van der Waals surface area contributed by atoms with Gasteiger partial charge in [0, 0.05) is 43.7 Å². The molecule has 0 aromatic carbocycles. The Hall–Kier alpha value is -3.75. The number of nitrogens with zero attached hydrogens (tertiary/aromatic N) is 3. The number of allylic oxidation sites excluding steroid dienone is 1. The zero-order valence-electron chi connectivity index (χ0n) is 23.2. The molecule has 2 aliphatic rings. The number of amides is 2. The van der Waals surface area contributed by atoms with Gasteiger partial charge in [0.1, 0.15) is 11.4 Å². The molecule has 9 nitrogen and oxygen atoms in total. The summed E-state index contributed by atoms with van der Waals surface area (Å²) in [6, 6.07) is 3.64. The number of aromatic carboxylic acids is 1. The van der Waals surface area contributed by atoms with Crippen LogP contribution >= 0.6 is 0 Å². The molecule has 0 bridgehead atoms. The number of hydrogen-bond donors (Lipinski definition) is 2. The number of carbonyl (C=O) groups is 3. The van der Waals surface area contributed by atoms with Crippen LogP contribution in [0, 0.1) is 0 Å². The maximum Gasteiger partial charge on any atom is 0.410 e. The fourth-order valence-corrected chi connectivity index (χ4v) is 5.17. The van der Waals surface area contributed by atoms with Crippen molar-refractivity contribution in [2.45, 2.75) is 83.2 Å². The fraction of sp³-hybridized carbons (Fsp3) is 0.500. The van der Waals surface area contributed by atoms with Crippen molar-refractivity contribution >= 4 is 29.9 Å². The number of carboxylic acid groups (broad SMARTS) is 1. The van der Waals surface area contributed by atoms with Gasteiger partial charge in [-0.25, -0.2) is 14.6 Å². The summed E-state index contributed by atoms with van der Waals surface area (Å²) >= 11 is 0. The minimum absolute atomic E-state index is 0.113. The van der Waals surface area contributed by atoms with Gasteiger partial charge in [0.15, 0.2) is 0 Å². The summed E-state index contributed by atoms with van der Waals surface area (Å²) in [6.07, 6.45) is 14.2. The Kier molecular flexibility index (Phi) is 8.37. The van der Waals surface area contributed by atoms with Gasteiger partial charge in [-0.15, -0.1) is 0 Å². The number of nitrogens with one attached hydrogen (secondary N) is 1. The van der Waals surface area contributed by atoms with E-state index in [4.69, 9.17) is 4.74 Å². The van der Waals surface area contributed by atoms with Crippen LogP contribution < -0.4 is 5.32 Å².